The van der Waals surface area contributed by atoms with Gasteiger partial charge in [-0.15, -0.1) is 11.3 Å². The van der Waals surface area contributed by atoms with Gasteiger partial charge in [0.1, 0.15) is 0 Å². The fourth-order valence-electron chi connectivity index (χ4n) is 8.30. The van der Waals surface area contributed by atoms with Crippen LogP contribution >= 0.6 is 11.3 Å². The number of anilines is 3. The molecule has 10 aromatic rings. The van der Waals surface area contributed by atoms with Crippen molar-refractivity contribution >= 4 is 81.1 Å². The standard InChI is InChI=1S/C46H28N2S/c1-2-12-30(13-3-1)47(38-20-10-22-42-44(38)37-16-6-7-21-41(37)49-42)31-24-26-32(27-25-31)48-39-19-9-18-36-34-15-5-4-14-33(34)35-17-8-11-29-23-28-40(48)46(43(29)35)45(36)39/h1-28H. The van der Waals surface area contributed by atoms with E-state index in [-0.39, 0.29) is 0 Å². The van der Waals surface area contributed by atoms with Crippen molar-refractivity contribution in [1.82, 2.24) is 4.57 Å². The first-order chi connectivity index (χ1) is 24.3. The Labute approximate surface area is 287 Å². The largest absolute Gasteiger partial charge is 0.310 e. The molecule has 1 aliphatic carbocycles. The smallest absolute Gasteiger partial charge is 0.0554 e. The van der Waals surface area contributed by atoms with E-state index in [4.69, 9.17) is 0 Å². The van der Waals surface area contributed by atoms with Crippen molar-refractivity contribution in [3.63, 3.8) is 0 Å². The number of benzene rings is 8. The maximum absolute atomic E-state index is 2.46. The summed E-state index contributed by atoms with van der Waals surface area (Å²) < 4.78 is 5.07. The lowest BCUT2D eigenvalue weighted by atomic mass is 9.93. The Bertz CT molecular complexity index is 2930. The van der Waals surface area contributed by atoms with Crippen LogP contribution in [0.3, 0.4) is 0 Å². The van der Waals surface area contributed by atoms with Crippen LogP contribution in [0.25, 0.3) is 80.7 Å². The Morgan fingerprint density at radius 3 is 1.86 bits per heavy atom. The van der Waals surface area contributed by atoms with Gasteiger partial charge >= 0.3 is 0 Å². The number of nitrogens with zero attached hydrogens (tertiary/aromatic N) is 2. The van der Waals surface area contributed by atoms with E-state index in [9.17, 15) is 0 Å². The van der Waals surface area contributed by atoms with E-state index < -0.39 is 0 Å². The second-order valence-electron chi connectivity index (χ2n) is 12.9. The summed E-state index contributed by atoms with van der Waals surface area (Å²) in [5.41, 5.74) is 12.3. The number of thiophene rings is 1. The van der Waals surface area contributed by atoms with Crippen LogP contribution in [0.5, 0.6) is 0 Å². The predicted molar refractivity (Wildman–Crippen MR) is 210 cm³/mol. The third-order valence-electron chi connectivity index (χ3n) is 10.3. The van der Waals surface area contributed by atoms with Crippen molar-refractivity contribution in [1.29, 1.82) is 0 Å². The minimum Gasteiger partial charge on any atom is -0.310 e. The lowest BCUT2D eigenvalue weighted by Crippen LogP contribution is -2.10. The Morgan fingerprint density at radius 1 is 0.388 bits per heavy atom. The highest BCUT2D eigenvalue weighted by molar-refractivity contribution is 7.26. The third-order valence-corrected chi connectivity index (χ3v) is 11.4. The summed E-state index contributed by atoms with van der Waals surface area (Å²) in [7, 11) is 0. The lowest BCUT2D eigenvalue weighted by molar-refractivity contribution is 1.17. The first kappa shape index (κ1) is 26.9. The Kier molecular flexibility index (Phi) is 5.57. The topological polar surface area (TPSA) is 8.17 Å². The van der Waals surface area contributed by atoms with Crippen LogP contribution in [-0.2, 0) is 0 Å². The van der Waals surface area contributed by atoms with Crippen molar-refractivity contribution in [3.8, 4) is 27.9 Å². The van der Waals surface area contributed by atoms with Crippen molar-refractivity contribution in [3.05, 3.63) is 170 Å². The first-order valence-electron chi connectivity index (χ1n) is 16.8. The summed E-state index contributed by atoms with van der Waals surface area (Å²) in [6.45, 7) is 0. The normalized spacial score (nSPS) is 12.1. The van der Waals surface area contributed by atoms with E-state index in [1.807, 2.05) is 11.3 Å². The average molecular weight is 641 g/mol. The maximum Gasteiger partial charge on any atom is 0.0554 e. The summed E-state index contributed by atoms with van der Waals surface area (Å²) in [6.07, 6.45) is 0. The third kappa shape index (κ3) is 3.76. The molecule has 3 heteroatoms. The van der Waals surface area contributed by atoms with Gasteiger partial charge in [0.25, 0.3) is 0 Å². The number of hydrogen-bond acceptors (Lipinski definition) is 2. The summed E-state index contributed by atoms with van der Waals surface area (Å²) in [5.74, 6) is 0. The molecule has 0 unspecified atom stereocenters. The molecule has 0 atom stereocenters. The van der Waals surface area contributed by atoms with Gasteiger partial charge in [-0.2, -0.15) is 0 Å². The molecule has 11 rings (SSSR count). The molecule has 0 fully saturated rings. The minimum absolute atomic E-state index is 1.13. The molecule has 0 N–H and O–H groups in total. The van der Waals surface area contributed by atoms with Gasteiger partial charge in [-0.3, -0.25) is 0 Å². The molecular weight excluding hydrogens is 613 g/mol. The molecule has 49 heavy (non-hydrogen) atoms. The average Bonchev–Trinajstić information content (AvgIpc) is 3.68. The molecule has 0 spiro atoms. The molecule has 0 aliphatic heterocycles. The van der Waals surface area contributed by atoms with E-state index in [0.29, 0.717) is 0 Å². The maximum atomic E-state index is 2.46. The lowest BCUT2D eigenvalue weighted by Gasteiger charge is -2.26. The van der Waals surface area contributed by atoms with Crippen LogP contribution in [0.2, 0.25) is 0 Å². The highest BCUT2D eigenvalue weighted by Crippen LogP contribution is 2.50. The van der Waals surface area contributed by atoms with Gasteiger partial charge in [0, 0.05) is 48.0 Å². The van der Waals surface area contributed by atoms with Crippen molar-refractivity contribution in [2.45, 2.75) is 0 Å². The van der Waals surface area contributed by atoms with E-state index in [2.05, 4.69) is 179 Å². The van der Waals surface area contributed by atoms with Crippen LogP contribution in [0.1, 0.15) is 0 Å². The molecule has 1 aliphatic rings. The van der Waals surface area contributed by atoms with E-state index in [0.717, 1.165) is 17.1 Å². The first-order valence-corrected chi connectivity index (χ1v) is 17.6. The van der Waals surface area contributed by atoms with Gasteiger partial charge < -0.3 is 9.47 Å². The number of hydrogen-bond donors (Lipinski definition) is 0. The van der Waals surface area contributed by atoms with Crippen LogP contribution in [0.15, 0.2) is 170 Å². The molecule has 2 heterocycles. The Balaban J connectivity index is 1.15. The molecule has 0 saturated heterocycles. The van der Waals surface area contributed by atoms with Gasteiger partial charge in [-0.05, 0) is 99.8 Å². The second-order valence-corrected chi connectivity index (χ2v) is 14.0. The van der Waals surface area contributed by atoms with E-state index in [1.165, 1.54) is 80.7 Å². The molecule has 0 bridgehead atoms. The van der Waals surface area contributed by atoms with Gasteiger partial charge in [-0.1, -0.05) is 103 Å². The molecule has 0 amide bonds. The van der Waals surface area contributed by atoms with Crippen LogP contribution in [0, 0.1) is 0 Å². The zero-order valence-electron chi connectivity index (χ0n) is 26.5. The fourth-order valence-corrected chi connectivity index (χ4v) is 9.43. The number of aromatic nitrogens is 1. The zero-order chi connectivity index (χ0) is 32.1. The molecule has 8 aromatic carbocycles. The Hall–Kier alpha value is -6.16. The van der Waals surface area contributed by atoms with Crippen molar-refractivity contribution in [2.24, 2.45) is 0 Å². The number of para-hydroxylation sites is 1. The minimum atomic E-state index is 1.13. The molecule has 228 valence electrons. The monoisotopic (exact) mass is 640 g/mol. The highest BCUT2D eigenvalue weighted by atomic mass is 32.1. The zero-order valence-corrected chi connectivity index (χ0v) is 27.3. The molecule has 2 nitrogen and oxygen atoms in total. The quantitative estimate of drug-likeness (QED) is 0.186. The Morgan fingerprint density at radius 2 is 1.02 bits per heavy atom. The van der Waals surface area contributed by atoms with Crippen molar-refractivity contribution in [2.75, 3.05) is 4.90 Å². The second kappa shape index (κ2) is 10.2. The van der Waals surface area contributed by atoms with E-state index >= 15 is 0 Å². The number of rotatable bonds is 4. The van der Waals surface area contributed by atoms with Crippen LogP contribution < -0.4 is 4.90 Å². The SMILES string of the molecule is c1ccc(N(c2ccc(-n3c4cccc5c4c4c6c(cccc6ccc43)-c3ccccc3-5)cc2)c2cccc3sc4ccccc4c23)cc1. The summed E-state index contributed by atoms with van der Waals surface area (Å²) in [5, 5.41) is 7.87. The van der Waals surface area contributed by atoms with Gasteiger partial charge in [0.15, 0.2) is 0 Å². The van der Waals surface area contributed by atoms with Crippen LogP contribution in [0.4, 0.5) is 17.1 Å². The molecule has 0 saturated carbocycles. The van der Waals surface area contributed by atoms with E-state index in [1.54, 1.807) is 0 Å². The van der Waals surface area contributed by atoms with Gasteiger partial charge in [0.2, 0.25) is 0 Å². The summed E-state index contributed by atoms with van der Waals surface area (Å²) >= 11 is 1.86. The van der Waals surface area contributed by atoms with Gasteiger partial charge in [-0.25, -0.2) is 0 Å². The highest BCUT2D eigenvalue weighted by Gasteiger charge is 2.25. The summed E-state index contributed by atoms with van der Waals surface area (Å²) in [4.78, 5) is 2.41. The van der Waals surface area contributed by atoms with Crippen molar-refractivity contribution < 1.29 is 0 Å². The summed E-state index contributed by atoms with van der Waals surface area (Å²) in [6, 6.07) is 62.4. The number of fused-ring (bicyclic) bond motifs is 6. The van der Waals surface area contributed by atoms with Gasteiger partial charge in [0.05, 0.1) is 16.7 Å². The fraction of sp³-hybridized carbons (Fsp3) is 0. The molecule has 2 aromatic heterocycles. The predicted octanol–water partition coefficient (Wildman–Crippen LogP) is 13.4. The van der Waals surface area contributed by atoms with Crippen LogP contribution in [-0.4, -0.2) is 4.57 Å². The molecule has 0 radical (unpaired) electrons. The molecular formula is C46H28N2S.